The smallest absolute Gasteiger partial charge is 0.337 e. The average molecular weight is 416 g/mol. The fraction of sp³-hybridized carbons (Fsp3) is 0.292. The minimum absolute atomic E-state index is 0.0821. The Kier molecular flexibility index (Phi) is 4.94. The second-order valence-electron chi connectivity index (χ2n) is 7.96. The van der Waals surface area contributed by atoms with Crippen LogP contribution in [0.3, 0.4) is 0 Å². The molecule has 1 saturated carbocycles. The van der Waals surface area contributed by atoms with Crippen LogP contribution in [0, 0.1) is 0 Å². The van der Waals surface area contributed by atoms with E-state index in [2.05, 4.69) is 4.98 Å². The summed E-state index contributed by atoms with van der Waals surface area (Å²) in [5.41, 5.74) is 1.90. The molecule has 0 amide bonds. The summed E-state index contributed by atoms with van der Waals surface area (Å²) in [7, 11) is 1.59. The zero-order chi connectivity index (χ0) is 21.4. The van der Waals surface area contributed by atoms with Gasteiger partial charge in [0.05, 0.1) is 19.1 Å². The predicted molar refractivity (Wildman–Crippen MR) is 119 cm³/mol. The third-order valence-corrected chi connectivity index (χ3v) is 6.05. The molecule has 7 heteroatoms. The largest absolute Gasteiger partial charge is 0.497 e. The highest BCUT2D eigenvalue weighted by molar-refractivity contribution is 5.72. The van der Waals surface area contributed by atoms with Gasteiger partial charge in [0.1, 0.15) is 5.75 Å². The van der Waals surface area contributed by atoms with E-state index in [0.29, 0.717) is 29.1 Å². The monoisotopic (exact) mass is 416 g/mol. The zero-order valence-corrected chi connectivity index (χ0v) is 17.4. The summed E-state index contributed by atoms with van der Waals surface area (Å²) in [6.45, 7) is 0.508. The first-order valence-electron chi connectivity index (χ1n) is 10.6. The number of nitrogens with zero attached hydrogens (tertiary/aromatic N) is 4. The van der Waals surface area contributed by atoms with Crippen molar-refractivity contribution in [3.63, 3.8) is 0 Å². The van der Waals surface area contributed by atoms with Crippen molar-refractivity contribution < 1.29 is 4.74 Å². The molecule has 2 heterocycles. The van der Waals surface area contributed by atoms with Gasteiger partial charge >= 0.3 is 5.69 Å². The Bertz CT molecular complexity index is 1350. The highest BCUT2D eigenvalue weighted by Crippen LogP contribution is 2.28. The van der Waals surface area contributed by atoms with Crippen LogP contribution in [-0.4, -0.2) is 25.8 Å². The van der Waals surface area contributed by atoms with Gasteiger partial charge in [0.25, 0.3) is 5.56 Å². The topological polar surface area (TPSA) is 71.1 Å². The Balaban J connectivity index is 1.79. The van der Waals surface area contributed by atoms with Crippen LogP contribution in [-0.2, 0) is 6.54 Å². The molecule has 1 aliphatic carbocycles. The summed E-state index contributed by atoms with van der Waals surface area (Å²) in [5, 5.41) is 0. The summed E-state index contributed by atoms with van der Waals surface area (Å²) >= 11 is 0. The number of benzene rings is 2. The number of aromatic nitrogens is 4. The average Bonchev–Trinajstić information content (AvgIpc) is 3.46. The van der Waals surface area contributed by atoms with Crippen LogP contribution in [0.25, 0.3) is 16.9 Å². The molecule has 7 nitrogen and oxygen atoms in total. The molecule has 1 fully saturated rings. The SMILES string of the molecule is COc1cccc(-n2c(=O)n(C3CCCC3)c(=O)c3c2ncn3Cc2ccccc2)c1. The summed E-state index contributed by atoms with van der Waals surface area (Å²) in [6, 6.07) is 17.1. The Morgan fingerprint density at radius 3 is 2.55 bits per heavy atom. The molecule has 0 bridgehead atoms. The molecule has 158 valence electrons. The van der Waals surface area contributed by atoms with Crippen LogP contribution in [0.4, 0.5) is 0 Å². The van der Waals surface area contributed by atoms with Crippen LogP contribution in [0.1, 0.15) is 37.3 Å². The standard InChI is InChI=1S/C24H24N4O3/c1-31-20-13-7-12-19(14-20)27-22-21(23(29)28(24(27)30)18-10-5-6-11-18)26(16-25-22)15-17-8-3-2-4-9-17/h2-4,7-9,12-14,16,18H,5-6,10-11,15H2,1H3. The molecular weight excluding hydrogens is 392 g/mol. The van der Waals surface area contributed by atoms with E-state index in [1.54, 1.807) is 24.1 Å². The van der Waals surface area contributed by atoms with Gasteiger partial charge in [0.15, 0.2) is 11.2 Å². The van der Waals surface area contributed by atoms with Crippen LogP contribution in [0.15, 0.2) is 70.5 Å². The van der Waals surface area contributed by atoms with E-state index in [9.17, 15) is 9.59 Å². The number of hydrogen-bond acceptors (Lipinski definition) is 4. The number of fused-ring (bicyclic) bond motifs is 1. The summed E-state index contributed by atoms with van der Waals surface area (Å²) in [6.07, 6.45) is 5.37. The molecule has 0 aliphatic heterocycles. The van der Waals surface area contributed by atoms with E-state index >= 15 is 0 Å². The van der Waals surface area contributed by atoms with Gasteiger partial charge in [-0.25, -0.2) is 14.3 Å². The molecule has 2 aromatic heterocycles. The number of methoxy groups -OCH3 is 1. The lowest BCUT2D eigenvalue weighted by atomic mass is 10.2. The fourth-order valence-electron chi connectivity index (χ4n) is 4.52. The van der Waals surface area contributed by atoms with E-state index < -0.39 is 0 Å². The van der Waals surface area contributed by atoms with Crippen LogP contribution < -0.4 is 16.0 Å². The minimum Gasteiger partial charge on any atom is -0.497 e. The Hall–Kier alpha value is -3.61. The molecule has 1 aliphatic rings. The second-order valence-corrected chi connectivity index (χ2v) is 7.96. The first-order chi connectivity index (χ1) is 15.2. The van der Waals surface area contributed by atoms with Crippen molar-refractivity contribution in [3.8, 4) is 11.4 Å². The zero-order valence-electron chi connectivity index (χ0n) is 17.4. The first kappa shape index (κ1) is 19.4. The van der Waals surface area contributed by atoms with Gasteiger partial charge in [-0.1, -0.05) is 49.2 Å². The van der Waals surface area contributed by atoms with E-state index in [4.69, 9.17) is 4.74 Å². The van der Waals surface area contributed by atoms with Gasteiger partial charge in [-0.3, -0.25) is 9.36 Å². The molecule has 0 atom stereocenters. The quantitative estimate of drug-likeness (QED) is 0.499. The molecule has 31 heavy (non-hydrogen) atoms. The Morgan fingerprint density at radius 1 is 1.03 bits per heavy atom. The molecular formula is C24H24N4O3. The lowest BCUT2D eigenvalue weighted by Gasteiger charge is -2.17. The number of ether oxygens (including phenoxy) is 1. The van der Waals surface area contributed by atoms with Crippen LogP contribution >= 0.6 is 0 Å². The van der Waals surface area contributed by atoms with Gasteiger partial charge in [-0.15, -0.1) is 0 Å². The van der Waals surface area contributed by atoms with Crippen molar-refractivity contribution in [3.05, 3.63) is 87.3 Å². The van der Waals surface area contributed by atoms with Gasteiger partial charge in [-0.2, -0.15) is 0 Å². The van der Waals surface area contributed by atoms with E-state index in [1.165, 1.54) is 4.57 Å². The molecule has 0 radical (unpaired) electrons. The molecule has 4 aromatic rings. The summed E-state index contributed by atoms with van der Waals surface area (Å²) in [4.78, 5) is 31.7. The van der Waals surface area contributed by atoms with Gasteiger partial charge in [0, 0.05) is 18.7 Å². The Morgan fingerprint density at radius 2 is 1.81 bits per heavy atom. The Labute approximate surface area is 179 Å². The third kappa shape index (κ3) is 3.36. The summed E-state index contributed by atoms with van der Waals surface area (Å²) < 4.78 is 10.2. The van der Waals surface area contributed by atoms with Gasteiger partial charge in [-0.05, 0) is 30.5 Å². The van der Waals surface area contributed by atoms with Crippen molar-refractivity contribution in [2.75, 3.05) is 7.11 Å². The van der Waals surface area contributed by atoms with Crippen molar-refractivity contribution in [1.29, 1.82) is 0 Å². The van der Waals surface area contributed by atoms with Crippen molar-refractivity contribution in [2.24, 2.45) is 0 Å². The highest BCUT2D eigenvalue weighted by Gasteiger charge is 2.26. The lowest BCUT2D eigenvalue weighted by Crippen LogP contribution is -2.41. The van der Waals surface area contributed by atoms with Gasteiger partial charge in [0.2, 0.25) is 0 Å². The molecule has 5 rings (SSSR count). The maximum Gasteiger partial charge on any atom is 0.337 e. The predicted octanol–water partition coefficient (Wildman–Crippen LogP) is 3.52. The molecule has 0 spiro atoms. The van der Waals surface area contributed by atoms with Gasteiger partial charge < -0.3 is 9.30 Å². The number of imidazole rings is 1. The molecule has 2 aromatic carbocycles. The number of rotatable bonds is 5. The lowest BCUT2D eigenvalue weighted by molar-refractivity contribution is 0.414. The van der Waals surface area contributed by atoms with E-state index in [-0.39, 0.29) is 17.3 Å². The highest BCUT2D eigenvalue weighted by atomic mass is 16.5. The molecule has 0 N–H and O–H groups in total. The van der Waals surface area contributed by atoms with Crippen molar-refractivity contribution in [2.45, 2.75) is 38.3 Å². The minimum atomic E-state index is -0.345. The summed E-state index contributed by atoms with van der Waals surface area (Å²) in [5.74, 6) is 0.639. The second kappa shape index (κ2) is 7.91. The number of hydrogen-bond donors (Lipinski definition) is 0. The maximum atomic E-state index is 13.6. The molecule has 0 unspecified atom stereocenters. The van der Waals surface area contributed by atoms with Crippen molar-refractivity contribution >= 4 is 11.2 Å². The van der Waals surface area contributed by atoms with Crippen molar-refractivity contribution in [1.82, 2.24) is 18.7 Å². The van der Waals surface area contributed by atoms with E-state index in [0.717, 1.165) is 31.2 Å². The fourth-order valence-corrected chi connectivity index (χ4v) is 4.52. The molecule has 0 saturated heterocycles. The van der Waals surface area contributed by atoms with E-state index in [1.807, 2.05) is 53.1 Å². The van der Waals surface area contributed by atoms with Crippen LogP contribution in [0.5, 0.6) is 5.75 Å². The normalized spacial score (nSPS) is 14.4. The first-order valence-corrected chi connectivity index (χ1v) is 10.6. The third-order valence-electron chi connectivity index (χ3n) is 6.05. The maximum absolute atomic E-state index is 13.6. The van der Waals surface area contributed by atoms with Crippen LogP contribution in [0.2, 0.25) is 0 Å².